The first-order valence-electron chi connectivity index (χ1n) is 9.21. The van der Waals surface area contributed by atoms with Crippen molar-refractivity contribution in [3.05, 3.63) is 29.8 Å². The summed E-state index contributed by atoms with van der Waals surface area (Å²) in [6.07, 6.45) is -2.02. The Kier molecular flexibility index (Phi) is 7.95. The van der Waals surface area contributed by atoms with Crippen molar-refractivity contribution in [1.29, 1.82) is 0 Å². The van der Waals surface area contributed by atoms with E-state index >= 15 is 0 Å². The van der Waals surface area contributed by atoms with Gasteiger partial charge in [0.25, 0.3) is 0 Å². The van der Waals surface area contributed by atoms with Crippen molar-refractivity contribution in [2.75, 3.05) is 26.8 Å². The fourth-order valence-corrected chi connectivity index (χ4v) is 3.19. The van der Waals surface area contributed by atoms with E-state index in [-0.39, 0.29) is 24.9 Å². The highest BCUT2D eigenvalue weighted by Crippen LogP contribution is 2.31. The number of benzene rings is 1. The van der Waals surface area contributed by atoms with Crippen molar-refractivity contribution in [3.63, 3.8) is 0 Å². The molecule has 9 heteroatoms. The van der Waals surface area contributed by atoms with Crippen LogP contribution >= 0.6 is 0 Å². The molecule has 1 aromatic carbocycles. The first-order chi connectivity index (χ1) is 13.3. The van der Waals surface area contributed by atoms with Crippen LogP contribution in [0.4, 0.5) is 18.0 Å². The standard InChI is InChI=1S/C19H25F3N2O4/c1-27-15-8-6-14(7-9-15)16-5-3-2-4-12-24(16)17(25)10-11-23-18(26)28-13-19(20,21)22/h6-9,16H,2-5,10-13H2,1H3,(H,23,26). The molecule has 1 heterocycles. The highest BCUT2D eigenvalue weighted by atomic mass is 19.4. The van der Waals surface area contributed by atoms with E-state index in [1.54, 1.807) is 12.0 Å². The minimum atomic E-state index is -4.58. The van der Waals surface area contributed by atoms with Crippen LogP contribution in [-0.4, -0.2) is 49.9 Å². The third kappa shape index (κ3) is 6.94. The lowest BCUT2D eigenvalue weighted by Gasteiger charge is -2.30. The Bertz CT molecular complexity index is 650. The topological polar surface area (TPSA) is 67.9 Å². The van der Waals surface area contributed by atoms with Gasteiger partial charge >= 0.3 is 12.3 Å². The SMILES string of the molecule is COc1ccc(C2CCCCCN2C(=O)CCNC(=O)OCC(F)(F)F)cc1. The minimum absolute atomic E-state index is 0.00618. The number of alkyl carbamates (subject to hydrolysis) is 1. The maximum Gasteiger partial charge on any atom is 0.422 e. The number of ether oxygens (including phenoxy) is 2. The van der Waals surface area contributed by atoms with Gasteiger partial charge in [-0.3, -0.25) is 4.79 Å². The Morgan fingerprint density at radius 3 is 2.54 bits per heavy atom. The number of nitrogens with one attached hydrogen (secondary N) is 1. The van der Waals surface area contributed by atoms with Crippen LogP contribution in [0.25, 0.3) is 0 Å². The number of amides is 2. The number of alkyl halides is 3. The second kappa shape index (κ2) is 10.2. The summed E-state index contributed by atoms with van der Waals surface area (Å²) in [5.41, 5.74) is 1.01. The lowest BCUT2D eigenvalue weighted by atomic mass is 10.0. The maximum absolute atomic E-state index is 12.7. The summed E-state index contributed by atoms with van der Waals surface area (Å²) in [6.45, 7) is -1.13. The van der Waals surface area contributed by atoms with Gasteiger partial charge in [-0.1, -0.05) is 25.0 Å². The van der Waals surface area contributed by atoms with Gasteiger partial charge in [0, 0.05) is 19.5 Å². The summed E-state index contributed by atoms with van der Waals surface area (Å²) in [4.78, 5) is 25.8. The Morgan fingerprint density at radius 2 is 1.89 bits per heavy atom. The molecule has 2 rings (SSSR count). The third-order valence-electron chi connectivity index (χ3n) is 4.55. The second-order valence-electron chi connectivity index (χ2n) is 6.59. The van der Waals surface area contributed by atoms with Crippen molar-refractivity contribution in [2.24, 2.45) is 0 Å². The van der Waals surface area contributed by atoms with Gasteiger partial charge in [-0.15, -0.1) is 0 Å². The van der Waals surface area contributed by atoms with Crippen LogP contribution in [-0.2, 0) is 9.53 Å². The molecular weight excluding hydrogens is 377 g/mol. The molecule has 0 radical (unpaired) electrons. The average molecular weight is 402 g/mol. The zero-order chi connectivity index (χ0) is 20.6. The predicted octanol–water partition coefficient (Wildman–Crippen LogP) is 3.82. The summed E-state index contributed by atoms with van der Waals surface area (Å²) in [5.74, 6) is 0.579. The fraction of sp³-hybridized carbons (Fsp3) is 0.579. The van der Waals surface area contributed by atoms with Crippen LogP contribution in [0, 0.1) is 0 Å². The van der Waals surface area contributed by atoms with Gasteiger partial charge in [0.2, 0.25) is 5.91 Å². The number of carbonyl (C=O) groups is 2. The van der Waals surface area contributed by atoms with Gasteiger partial charge in [0.1, 0.15) is 5.75 Å². The number of hydrogen-bond acceptors (Lipinski definition) is 4. The Labute approximate surface area is 162 Å². The molecule has 6 nitrogen and oxygen atoms in total. The van der Waals surface area contributed by atoms with Gasteiger partial charge in [0.05, 0.1) is 13.2 Å². The van der Waals surface area contributed by atoms with Gasteiger partial charge < -0.3 is 19.7 Å². The number of rotatable bonds is 6. The number of hydrogen-bond donors (Lipinski definition) is 1. The van der Waals surface area contributed by atoms with Crippen LogP contribution < -0.4 is 10.1 Å². The molecule has 0 spiro atoms. The zero-order valence-electron chi connectivity index (χ0n) is 15.8. The van der Waals surface area contributed by atoms with E-state index in [9.17, 15) is 22.8 Å². The van der Waals surface area contributed by atoms with Crippen LogP contribution in [0.5, 0.6) is 5.75 Å². The molecule has 2 amide bonds. The lowest BCUT2D eigenvalue weighted by molar-refractivity contribution is -0.160. The van der Waals surface area contributed by atoms with Crippen LogP contribution in [0.2, 0.25) is 0 Å². The van der Waals surface area contributed by atoms with E-state index in [1.807, 2.05) is 24.3 Å². The normalized spacial score (nSPS) is 17.6. The monoisotopic (exact) mass is 402 g/mol. The summed E-state index contributed by atoms with van der Waals surface area (Å²) >= 11 is 0. The van der Waals surface area contributed by atoms with Crippen molar-refractivity contribution >= 4 is 12.0 Å². The predicted molar refractivity (Wildman–Crippen MR) is 95.9 cm³/mol. The molecule has 0 saturated carbocycles. The van der Waals surface area contributed by atoms with Crippen LogP contribution in [0.3, 0.4) is 0 Å². The number of methoxy groups -OCH3 is 1. The lowest BCUT2D eigenvalue weighted by Crippen LogP contribution is -2.37. The number of nitrogens with zero attached hydrogens (tertiary/aromatic N) is 1. The summed E-state index contributed by atoms with van der Waals surface area (Å²) in [6, 6.07) is 7.49. The first kappa shape index (κ1) is 21.8. The minimum Gasteiger partial charge on any atom is -0.497 e. The Morgan fingerprint density at radius 1 is 1.18 bits per heavy atom. The molecule has 0 aromatic heterocycles. The highest BCUT2D eigenvalue weighted by molar-refractivity contribution is 5.77. The van der Waals surface area contributed by atoms with Crippen molar-refractivity contribution in [2.45, 2.75) is 44.3 Å². The quantitative estimate of drug-likeness (QED) is 0.786. The smallest absolute Gasteiger partial charge is 0.422 e. The molecule has 1 N–H and O–H groups in total. The Balaban J connectivity index is 1.91. The van der Waals surface area contributed by atoms with Crippen LogP contribution in [0.15, 0.2) is 24.3 Å². The molecule has 28 heavy (non-hydrogen) atoms. The van der Waals surface area contributed by atoms with Gasteiger partial charge in [0.15, 0.2) is 6.61 Å². The molecule has 1 unspecified atom stereocenters. The molecule has 1 aromatic rings. The molecule has 1 atom stereocenters. The number of likely N-dealkylation sites (tertiary alicyclic amines) is 1. The van der Waals surface area contributed by atoms with E-state index in [2.05, 4.69) is 10.1 Å². The first-order valence-corrected chi connectivity index (χ1v) is 9.21. The summed E-state index contributed by atoms with van der Waals surface area (Å²) in [5, 5.41) is 2.19. The third-order valence-corrected chi connectivity index (χ3v) is 4.55. The molecule has 0 aliphatic carbocycles. The van der Waals surface area contributed by atoms with E-state index < -0.39 is 18.9 Å². The number of carbonyl (C=O) groups excluding carboxylic acids is 2. The van der Waals surface area contributed by atoms with Crippen molar-refractivity contribution < 1.29 is 32.2 Å². The van der Waals surface area contributed by atoms with E-state index in [1.165, 1.54) is 0 Å². The molecule has 1 aliphatic heterocycles. The van der Waals surface area contributed by atoms with Gasteiger partial charge in [-0.25, -0.2) is 4.79 Å². The maximum atomic E-state index is 12.7. The molecule has 0 bridgehead atoms. The zero-order valence-corrected chi connectivity index (χ0v) is 15.8. The van der Waals surface area contributed by atoms with Crippen molar-refractivity contribution in [1.82, 2.24) is 10.2 Å². The van der Waals surface area contributed by atoms with Crippen LogP contribution in [0.1, 0.15) is 43.7 Å². The van der Waals surface area contributed by atoms with Crippen molar-refractivity contribution in [3.8, 4) is 5.75 Å². The van der Waals surface area contributed by atoms with E-state index in [4.69, 9.17) is 4.74 Å². The summed E-state index contributed by atoms with van der Waals surface area (Å²) in [7, 11) is 1.59. The Hall–Kier alpha value is -2.45. The fourth-order valence-electron chi connectivity index (χ4n) is 3.19. The second-order valence-corrected chi connectivity index (χ2v) is 6.59. The molecule has 1 fully saturated rings. The number of halogens is 3. The molecule has 1 saturated heterocycles. The van der Waals surface area contributed by atoms with Gasteiger partial charge in [-0.2, -0.15) is 13.2 Å². The van der Waals surface area contributed by atoms with E-state index in [0.29, 0.717) is 6.54 Å². The largest absolute Gasteiger partial charge is 0.497 e. The summed E-state index contributed by atoms with van der Waals surface area (Å²) < 4.78 is 45.3. The molecule has 156 valence electrons. The molecular formula is C19H25F3N2O4. The van der Waals surface area contributed by atoms with Gasteiger partial charge in [-0.05, 0) is 30.5 Å². The molecule has 1 aliphatic rings. The average Bonchev–Trinajstić information content (AvgIpc) is 2.92. The van der Waals surface area contributed by atoms with E-state index in [0.717, 1.165) is 37.0 Å². The highest BCUT2D eigenvalue weighted by Gasteiger charge is 2.30.